The monoisotopic (exact) mass is 260 g/mol. The zero-order valence-electron chi connectivity index (χ0n) is 12.1. The van der Waals surface area contributed by atoms with Crippen molar-refractivity contribution in [3.63, 3.8) is 0 Å². The van der Waals surface area contributed by atoms with Crippen LogP contribution in [0, 0.1) is 13.8 Å². The Balaban J connectivity index is 2.01. The average molecular weight is 260 g/mol. The summed E-state index contributed by atoms with van der Waals surface area (Å²) < 4.78 is 0. The fourth-order valence-corrected chi connectivity index (χ4v) is 2.69. The first kappa shape index (κ1) is 14.1. The average Bonchev–Trinajstić information content (AvgIpc) is 2.42. The molecule has 19 heavy (non-hydrogen) atoms. The molecule has 1 aliphatic rings. The molecule has 1 aromatic carbocycles. The van der Waals surface area contributed by atoms with Gasteiger partial charge in [-0.2, -0.15) is 0 Å². The highest BCUT2D eigenvalue weighted by Crippen LogP contribution is 2.19. The topological polar surface area (TPSA) is 41.1 Å². The Morgan fingerprint density at radius 1 is 1.37 bits per heavy atom. The molecule has 0 bridgehead atoms. The van der Waals surface area contributed by atoms with Gasteiger partial charge in [0.25, 0.3) is 0 Å². The van der Waals surface area contributed by atoms with Crippen molar-refractivity contribution >= 4 is 5.91 Å². The summed E-state index contributed by atoms with van der Waals surface area (Å²) >= 11 is 0. The lowest BCUT2D eigenvalue weighted by Crippen LogP contribution is -2.47. The summed E-state index contributed by atoms with van der Waals surface area (Å²) in [5.74, 6) is 0.133. The van der Waals surface area contributed by atoms with E-state index in [0.29, 0.717) is 0 Å². The maximum absolute atomic E-state index is 12.2. The number of hydrogen-bond acceptors (Lipinski definition) is 2. The van der Waals surface area contributed by atoms with Crippen LogP contribution in [0.2, 0.25) is 0 Å². The number of carbonyl (C=O) groups excluding carboxylic acids is 1. The number of aryl methyl sites for hydroxylation is 2. The Labute approximate surface area is 115 Å². The Morgan fingerprint density at radius 3 is 2.84 bits per heavy atom. The zero-order valence-corrected chi connectivity index (χ0v) is 12.1. The van der Waals surface area contributed by atoms with E-state index >= 15 is 0 Å². The Morgan fingerprint density at radius 2 is 2.16 bits per heavy atom. The summed E-state index contributed by atoms with van der Waals surface area (Å²) in [5, 5.41) is 6.42. The Kier molecular flexibility index (Phi) is 4.59. The molecule has 1 saturated heterocycles. The van der Waals surface area contributed by atoms with Gasteiger partial charge in [-0.25, -0.2) is 0 Å². The summed E-state index contributed by atoms with van der Waals surface area (Å²) in [6.07, 6.45) is 3.27. The largest absolute Gasteiger partial charge is 0.348 e. The van der Waals surface area contributed by atoms with Gasteiger partial charge < -0.3 is 10.6 Å². The van der Waals surface area contributed by atoms with Crippen molar-refractivity contribution < 1.29 is 4.79 Å². The summed E-state index contributed by atoms with van der Waals surface area (Å²) in [4.78, 5) is 12.2. The molecule has 1 unspecified atom stereocenters. The number of carbonyl (C=O) groups is 1. The van der Waals surface area contributed by atoms with Crippen LogP contribution in [0.3, 0.4) is 0 Å². The lowest BCUT2D eigenvalue weighted by molar-refractivity contribution is -0.124. The summed E-state index contributed by atoms with van der Waals surface area (Å²) in [6.45, 7) is 7.19. The molecule has 1 heterocycles. The SMILES string of the molecule is Cc1ccc(C)c(C(C)NC(=O)[C@H]2CCCCN2)c1. The quantitative estimate of drug-likeness (QED) is 0.877. The molecule has 2 atom stereocenters. The summed E-state index contributed by atoms with van der Waals surface area (Å²) in [7, 11) is 0. The van der Waals surface area contributed by atoms with Crippen molar-refractivity contribution in [2.45, 2.75) is 52.1 Å². The molecule has 1 aromatic rings. The first-order valence-electron chi connectivity index (χ1n) is 7.19. The van der Waals surface area contributed by atoms with Crippen molar-refractivity contribution in [2.24, 2.45) is 0 Å². The van der Waals surface area contributed by atoms with Crippen LogP contribution in [-0.4, -0.2) is 18.5 Å². The number of piperidine rings is 1. The molecule has 0 aliphatic carbocycles. The third-order valence-corrected chi connectivity index (χ3v) is 3.89. The van der Waals surface area contributed by atoms with Crippen molar-refractivity contribution in [2.75, 3.05) is 6.54 Å². The zero-order chi connectivity index (χ0) is 13.8. The highest BCUT2D eigenvalue weighted by Gasteiger charge is 2.22. The van der Waals surface area contributed by atoms with E-state index in [1.54, 1.807) is 0 Å². The van der Waals surface area contributed by atoms with Crippen LogP contribution in [0.5, 0.6) is 0 Å². The van der Waals surface area contributed by atoms with Gasteiger partial charge in [-0.05, 0) is 51.3 Å². The maximum Gasteiger partial charge on any atom is 0.237 e. The molecule has 2 N–H and O–H groups in total. The number of benzene rings is 1. The normalized spacial score (nSPS) is 20.9. The van der Waals surface area contributed by atoms with Gasteiger partial charge in [-0.1, -0.05) is 30.2 Å². The van der Waals surface area contributed by atoms with Crippen LogP contribution in [0.4, 0.5) is 0 Å². The van der Waals surface area contributed by atoms with Gasteiger partial charge in [0.1, 0.15) is 0 Å². The van der Waals surface area contributed by atoms with E-state index in [4.69, 9.17) is 0 Å². The minimum Gasteiger partial charge on any atom is -0.348 e. The Bertz CT molecular complexity index is 450. The lowest BCUT2D eigenvalue weighted by Gasteiger charge is -2.25. The number of nitrogens with one attached hydrogen (secondary N) is 2. The third kappa shape index (κ3) is 3.57. The van der Waals surface area contributed by atoms with Crippen LogP contribution in [0.15, 0.2) is 18.2 Å². The van der Waals surface area contributed by atoms with E-state index in [1.807, 2.05) is 0 Å². The maximum atomic E-state index is 12.2. The number of rotatable bonds is 3. The fourth-order valence-electron chi connectivity index (χ4n) is 2.69. The first-order valence-corrected chi connectivity index (χ1v) is 7.19. The molecule has 0 radical (unpaired) electrons. The number of amides is 1. The van der Waals surface area contributed by atoms with Crippen LogP contribution in [-0.2, 0) is 4.79 Å². The highest BCUT2D eigenvalue weighted by molar-refractivity contribution is 5.82. The first-order chi connectivity index (χ1) is 9.08. The lowest BCUT2D eigenvalue weighted by atomic mass is 9.99. The second-order valence-corrected chi connectivity index (χ2v) is 5.59. The van der Waals surface area contributed by atoms with Crippen LogP contribution >= 0.6 is 0 Å². The molecule has 3 heteroatoms. The predicted molar refractivity (Wildman–Crippen MR) is 78.1 cm³/mol. The van der Waals surface area contributed by atoms with E-state index in [0.717, 1.165) is 19.4 Å². The summed E-state index contributed by atoms with van der Waals surface area (Å²) in [6, 6.07) is 6.44. The molecule has 104 valence electrons. The van der Waals surface area contributed by atoms with Gasteiger partial charge in [-0.15, -0.1) is 0 Å². The molecule has 0 saturated carbocycles. The molecule has 0 spiro atoms. The van der Waals surface area contributed by atoms with Crippen molar-refractivity contribution in [3.8, 4) is 0 Å². The minimum atomic E-state index is -0.0127. The van der Waals surface area contributed by atoms with Gasteiger partial charge in [-0.3, -0.25) is 4.79 Å². The molecule has 2 rings (SSSR count). The molecule has 1 amide bonds. The van der Waals surface area contributed by atoms with E-state index in [2.05, 4.69) is 49.6 Å². The second-order valence-electron chi connectivity index (χ2n) is 5.59. The predicted octanol–water partition coefficient (Wildman–Crippen LogP) is 2.62. The van der Waals surface area contributed by atoms with Gasteiger partial charge in [0.2, 0.25) is 5.91 Å². The van der Waals surface area contributed by atoms with Gasteiger partial charge in [0.15, 0.2) is 0 Å². The molecular weight excluding hydrogens is 236 g/mol. The standard InChI is InChI=1S/C16H24N2O/c1-11-7-8-12(2)14(10-11)13(3)18-16(19)15-6-4-5-9-17-15/h7-8,10,13,15,17H,4-6,9H2,1-3H3,(H,18,19)/t13?,15-/m1/s1. The van der Waals surface area contributed by atoms with Gasteiger partial charge in [0, 0.05) is 0 Å². The molecule has 3 nitrogen and oxygen atoms in total. The second kappa shape index (κ2) is 6.20. The van der Waals surface area contributed by atoms with E-state index in [1.165, 1.54) is 23.1 Å². The smallest absolute Gasteiger partial charge is 0.237 e. The van der Waals surface area contributed by atoms with Crippen LogP contribution in [0.1, 0.15) is 48.9 Å². The fraction of sp³-hybridized carbons (Fsp3) is 0.562. The van der Waals surface area contributed by atoms with Crippen molar-refractivity contribution in [1.82, 2.24) is 10.6 Å². The Hall–Kier alpha value is -1.35. The molecular formula is C16H24N2O. The van der Waals surface area contributed by atoms with E-state index < -0.39 is 0 Å². The molecule has 1 fully saturated rings. The van der Waals surface area contributed by atoms with Crippen LogP contribution in [0.25, 0.3) is 0 Å². The highest BCUT2D eigenvalue weighted by atomic mass is 16.2. The number of hydrogen-bond donors (Lipinski definition) is 2. The van der Waals surface area contributed by atoms with Crippen molar-refractivity contribution in [1.29, 1.82) is 0 Å². The van der Waals surface area contributed by atoms with E-state index in [9.17, 15) is 4.79 Å². The van der Waals surface area contributed by atoms with Gasteiger partial charge in [0.05, 0.1) is 12.1 Å². The van der Waals surface area contributed by atoms with Crippen molar-refractivity contribution in [3.05, 3.63) is 34.9 Å². The summed E-state index contributed by atoms with van der Waals surface area (Å²) in [5.41, 5.74) is 3.68. The van der Waals surface area contributed by atoms with Gasteiger partial charge >= 0.3 is 0 Å². The minimum absolute atomic E-state index is 0.0127. The third-order valence-electron chi connectivity index (χ3n) is 3.89. The van der Waals surface area contributed by atoms with Crippen LogP contribution < -0.4 is 10.6 Å². The van der Waals surface area contributed by atoms with E-state index in [-0.39, 0.29) is 18.0 Å². The molecule has 1 aliphatic heterocycles. The molecule has 0 aromatic heterocycles.